The average Bonchev–Trinajstić information content (AvgIpc) is 2.75. The molecule has 0 radical (unpaired) electrons. The molecule has 0 aliphatic carbocycles. The summed E-state index contributed by atoms with van der Waals surface area (Å²) in [5.74, 6) is 1.53. The zero-order valence-corrected chi connectivity index (χ0v) is 17.9. The molecule has 6 heteroatoms. The van der Waals surface area contributed by atoms with Gasteiger partial charge in [0.1, 0.15) is 12.4 Å². The Morgan fingerprint density at radius 2 is 1.97 bits per heavy atom. The maximum atomic E-state index is 10.8. The highest BCUT2D eigenvalue weighted by Crippen LogP contribution is 2.25. The van der Waals surface area contributed by atoms with Gasteiger partial charge in [-0.3, -0.25) is 15.2 Å². The second-order valence-electron chi connectivity index (χ2n) is 8.24. The van der Waals surface area contributed by atoms with Crippen molar-refractivity contribution in [1.29, 1.82) is 0 Å². The molecule has 1 fully saturated rings. The predicted molar refractivity (Wildman–Crippen MR) is 123 cm³/mol. The van der Waals surface area contributed by atoms with Gasteiger partial charge in [0.2, 0.25) is 0 Å². The topological polar surface area (TPSA) is 74.7 Å². The number of carbonyl (C=O) groups is 1. The summed E-state index contributed by atoms with van der Waals surface area (Å²) in [6.07, 6.45) is 2.26. The van der Waals surface area contributed by atoms with Gasteiger partial charge in [-0.15, -0.1) is 0 Å². The number of aromatic nitrogens is 1. The first-order chi connectivity index (χ1) is 15.1. The van der Waals surface area contributed by atoms with Crippen LogP contribution in [-0.4, -0.2) is 47.3 Å². The highest BCUT2D eigenvalue weighted by atomic mass is 16.5. The van der Waals surface area contributed by atoms with E-state index in [0.29, 0.717) is 18.2 Å². The molecule has 3 aromatic rings. The first-order valence-corrected chi connectivity index (χ1v) is 10.9. The molecule has 6 nitrogen and oxygen atoms in total. The number of pyridine rings is 1. The van der Waals surface area contributed by atoms with Gasteiger partial charge in [-0.2, -0.15) is 0 Å². The van der Waals surface area contributed by atoms with Gasteiger partial charge in [0.15, 0.2) is 0 Å². The number of nitrogens with one attached hydrogen (secondary N) is 1. The Morgan fingerprint density at radius 1 is 1.16 bits per heavy atom. The smallest absolute Gasteiger partial charge is 0.409 e. The number of hydrogen-bond donors (Lipinski definition) is 2. The van der Waals surface area contributed by atoms with E-state index in [1.165, 1.54) is 5.56 Å². The molecule has 1 aliphatic rings. The Kier molecular flexibility index (Phi) is 6.67. The van der Waals surface area contributed by atoms with E-state index in [-0.39, 0.29) is 0 Å². The van der Waals surface area contributed by atoms with Gasteiger partial charge in [-0.25, -0.2) is 4.79 Å². The highest BCUT2D eigenvalue weighted by molar-refractivity contribution is 5.85. The monoisotopic (exact) mass is 419 g/mol. The number of amides is 1. The number of ether oxygens (including phenoxy) is 1. The summed E-state index contributed by atoms with van der Waals surface area (Å²) in [5.41, 5.74) is 3.81. The minimum Gasteiger partial charge on any atom is -0.492 e. The number of fused-ring (bicyclic) bond motifs is 1. The van der Waals surface area contributed by atoms with Crippen molar-refractivity contribution in [3.05, 3.63) is 65.9 Å². The van der Waals surface area contributed by atoms with Crippen molar-refractivity contribution in [2.24, 2.45) is 5.92 Å². The molecule has 1 amide bonds. The van der Waals surface area contributed by atoms with Crippen LogP contribution in [-0.2, 0) is 6.42 Å². The van der Waals surface area contributed by atoms with E-state index in [2.05, 4.69) is 27.3 Å². The number of aryl methyl sites for hydroxylation is 1. The van der Waals surface area contributed by atoms with Crippen molar-refractivity contribution in [3.8, 4) is 5.75 Å². The molecule has 1 aliphatic heterocycles. The molecule has 0 atom stereocenters. The van der Waals surface area contributed by atoms with E-state index in [1.807, 2.05) is 43.3 Å². The van der Waals surface area contributed by atoms with Gasteiger partial charge in [0.05, 0.1) is 5.52 Å². The Balaban J connectivity index is 1.23. The van der Waals surface area contributed by atoms with Gasteiger partial charge in [0, 0.05) is 23.3 Å². The van der Waals surface area contributed by atoms with Crippen LogP contribution in [0, 0.1) is 12.8 Å². The molecule has 2 heterocycles. The number of hydrogen-bond acceptors (Lipinski definition) is 4. The number of carboxylic acid groups (broad SMARTS) is 1. The normalized spacial score (nSPS) is 15.1. The predicted octanol–water partition coefficient (Wildman–Crippen LogP) is 4.97. The molecule has 2 N–H and O–H groups in total. The van der Waals surface area contributed by atoms with Crippen LogP contribution in [0.1, 0.15) is 24.1 Å². The molecule has 1 saturated heterocycles. The third kappa shape index (κ3) is 5.73. The van der Waals surface area contributed by atoms with E-state index >= 15 is 0 Å². The largest absolute Gasteiger partial charge is 0.492 e. The summed E-state index contributed by atoms with van der Waals surface area (Å²) in [7, 11) is 0. The molecule has 0 saturated carbocycles. The van der Waals surface area contributed by atoms with Crippen LogP contribution >= 0.6 is 0 Å². The zero-order valence-electron chi connectivity index (χ0n) is 17.9. The molecule has 0 spiro atoms. The number of anilines is 1. The molecule has 0 bridgehead atoms. The number of nitrogens with zero attached hydrogens (tertiary/aromatic N) is 2. The third-order valence-corrected chi connectivity index (χ3v) is 5.91. The summed E-state index contributed by atoms with van der Waals surface area (Å²) in [6.45, 7) is 5.72. The fourth-order valence-electron chi connectivity index (χ4n) is 4.29. The third-order valence-electron chi connectivity index (χ3n) is 5.91. The fraction of sp³-hybridized carbons (Fsp3) is 0.360. The van der Waals surface area contributed by atoms with E-state index in [0.717, 1.165) is 61.2 Å². The van der Waals surface area contributed by atoms with Gasteiger partial charge in [-0.05, 0) is 87.2 Å². The molecular formula is C25H29N3O3. The standard InChI is InChI=1S/C25H29N3O3/c1-18-8-9-22-23(26-18)6-3-7-24(22)31-15-14-28-12-10-19(11-13-28)16-20-4-2-5-21(17-20)27-25(29)30/h2-9,17,19,27H,10-16H2,1H3,(H,29,30). The van der Waals surface area contributed by atoms with Crippen LogP contribution < -0.4 is 10.1 Å². The second kappa shape index (κ2) is 9.79. The lowest BCUT2D eigenvalue weighted by Crippen LogP contribution is -2.37. The second-order valence-corrected chi connectivity index (χ2v) is 8.24. The van der Waals surface area contributed by atoms with Crippen LogP contribution in [0.3, 0.4) is 0 Å². The number of rotatable bonds is 7. The lowest BCUT2D eigenvalue weighted by atomic mass is 9.90. The van der Waals surface area contributed by atoms with Crippen molar-refractivity contribution < 1.29 is 14.6 Å². The molecule has 31 heavy (non-hydrogen) atoms. The fourth-order valence-corrected chi connectivity index (χ4v) is 4.29. The molecule has 1 aromatic heterocycles. The molecule has 0 unspecified atom stereocenters. The van der Waals surface area contributed by atoms with Crippen molar-refractivity contribution in [2.75, 3.05) is 31.6 Å². The Morgan fingerprint density at radius 3 is 2.77 bits per heavy atom. The van der Waals surface area contributed by atoms with E-state index in [1.54, 1.807) is 6.07 Å². The summed E-state index contributed by atoms with van der Waals surface area (Å²) < 4.78 is 6.09. The van der Waals surface area contributed by atoms with Crippen LogP contribution in [0.5, 0.6) is 5.75 Å². The van der Waals surface area contributed by atoms with Gasteiger partial charge in [0.25, 0.3) is 0 Å². The summed E-state index contributed by atoms with van der Waals surface area (Å²) >= 11 is 0. The van der Waals surface area contributed by atoms with Gasteiger partial charge < -0.3 is 9.84 Å². The maximum Gasteiger partial charge on any atom is 0.409 e. The summed E-state index contributed by atoms with van der Waals surface area (Å²) in [5, 5.41) is 12.4. The van der Waals surface area contributed by atoms with Crippen LogP contribution in [0.2, 0.25) is 0 Å². The minimum atomic E-state index is -1.03. The van der Waals surface area contributed by atoms with Crippen LogP contribution in [0.4, 0.5) is 10.5 Å². The lowest BCUT2D eigenvalue weighted by Gasteiger charge is -2.32. The minimum absolute atomic E-state index is 0.629. The van der Waals surface area contributed by atoms with E-state index < -0.39 is 6.09 Å². The summed E-state index contributed by atoms with van der Waals surface area (Å²) in [4.78, 5) is 17.9. The zero-order chi connectivity index (χ0) is 21.6. The first kappa shape index (κ1) is 21.1. The van der Waals surface area contributed by atoms with Crippen molar-refractivity contribution in [1.82, 2.24) is 9.88 Å². The van der Waals surface area contributed by atoms with Crippen molar-refractivity contribution in [3.63, 3.8) is 0 Å². The number of benzene rings is 2. The highest BCUT2D eigenvalue weighted by Gasteiger charge is 2.19. The van der Waals surface area contributed by atoms with Crippen molar-refractivity contribution in [2.45, 2.75) is 26.2 Å². The lowest BCUT2D eigenvalue weighted by molar-refractivity contribution is 0.155. The molecule has 162 valence electrons. The van der Waals surface area contributed by atoms with E-state index in [9.17, 15) is 4.79 Å². The Bertz CT molecular complexity index is 1050. The Labute approximate surface area is 182 Å². The average molecular weight is 420 g/mol. The van der Waals surface area contributed by atoms with Crippen LogP contribution in [0.25, 0.3) is 10.9 Å². The van der Waals surface area contributed by atoms with Gasteiger partial charge in [-0.1, -0.05) is 18.2 Å². The summed E-state index contributed by atoms with van der Waals surface area (Å²) in [6, 6.07) is 17.9. The van der Waals surface area contributed by atoms with Crippen LogP contribution in [0.15, 0.2) is 54.6 Å². The van der Waals surface area contributed by atoms with Crippen molar-refractivity contribution >= 4 is 22.7 Å². The Hall–Kier alpha value is -3.12. The first-order valence-electron chi connectivity index (χ1n) is 10.9. The maximum absolute atomic E-state index is 10.8. The molecular weight excluding hydrogens is 390 g/mol. The molecule has 4 rings (SSSR count). The number of piperidine rings is 1. The molecule has 2 aromatic carbocycles. The van der Waals surface area contributed by atoms with E-state index in [4.69, 9.17) is 9.84 Å². The quantitative estimate of drug-likeness (QED) is 0.566. The van der Waals surface area contributed by atoms with Gasteiger partial charge >= 0.3 is 6.09 Å². The SMILES string of the molecule is Cc1ccc2c(OCCN3CCC(Cc4cccc(NC(=O)O)c4)CC3)cccc2n1. The number of likely N-dealkylation sites (tertiary alicyclic amines) is 1.